The maximum Gasteiger partial charge on any atom is 0.128 e. The van der Waals surface area contributed by atoms with Crippen molar-refractivity contribution in [3.05, 3.63) is 404 Å². The Morgan fingerprint density at radius 3 is 0.950 bits per heavy atom. The van der Waals surface area contributed by atoms with Crippen molar-refractivity contribution in [2.75, 3.05) is 9.80 Å². The Bertz CT molecular complexity index is 5200. The van der Waals surface area contributed by atoms with Gasteiger partial charge in [-0.25, -0.2) is 8.78 Å². The van der Waals surface area contributed by atoms with E-state index >= 15 is 8.78 Å². The van der Waals surface area contributed by atoms with Gasteiger partial charge in [0.05, 0.1) is 10.8 Å². The van der Waals surface area contributed by atoms with E-state index in [0.29, 0.717) is 22.5 Å². The van der Waals surface area contributed by atoms with Crippen molar-refractivity contribution in [2.24, 2.45) is 0 Å². The van der Waals surface area contributed by atoms with Crippen LogP contribution in [0.15, 0.2) is 303 Å². The summed E-state index contributed by atoms with van der Waals surface area (Å²) >= 11 is 0. The average molecular weight is 1300 g/mol. The minimum atomic E-state index is -0.724. The zero-order valence-corrected chi connectivity index (χ0v) is 56.2. The number of hydrogen-bond acceptors (Lipinski definition) is 4. The van der Waals surface area contributed by atoms with E-state index in [-0.39, 0.29) is 11.6 Å². The van der Waals surface area contributed by atoms with Gasteiger partial charge in [-0.15, -0.1) is 0 Å². The Kier molecular flexibility index (Phi) is 14.5. The minimum absolute atomic E-state index is 0.280. The zero-order chi connectivity index (χ0) is 67.4. The van der Waals surface area contributed by atoms with E-state index in [1.807, 2.05) is 24.3 Å². The molecule has 0 spiro atoms. The van der Waals surface area contributed by atoms with Gasteiger partial charge in [-0.1, -0.05) is 193 Å². The highest BCUT2D eigenvalue weighted by atomic mass is 19.1. The van der Waals surface area contributed by atoms with Gasteiger partial charge in [0.1, 0.15) is 34.6 Å². The van der Waals surface area contributed by atoms with Gasteiger partial charge in [0.2, 0.25) is 0 Å². The van der Waals surface area contributed by atoms with Gasteiger partial charge in [0.25, 0.3) is 0 Å². The van der Waals surface area contributed by atoms with Crippen LogP contribution in [0.1, 0.15) is 89.0 Å². The number of aryl methyl sites for hydroxylation is 8. The van der Waals surface area contributed by atoms with Crippen LogP contribution in [0, 0.1) is 39.3 Å². The summed E-state index contributed by atoms with van der Waals surface area (Å²) < 4.78 is 45.3. The van der Waals surface area contributed by atoms with Crippen molar-refractivity contribution in [1.29, 1.82) is 0 Å². The maximum absolute atomic E-state index is 16.1. The number of ether oxygens (including phenoxy) is 2. The monoisotopic (exact) mass is 1300 g/mol. The van der Waals surface area contributed by atoms with Crippen LogP contribution in [-0.2, 0) is 36.5 Å². The fourth-order valence-corrected chi connectivity index (χ4v) is 16.2. The van der Waals surface area contributed by atoms with Crippen molar-refractivity contribution in [1.82, 2.24) is 0 Å². The minimum Gasteiger partial charge on any atom is -0.457 e. The van der Waals surface area contributed by atoms with Gasteiger partial charge in [-0.05, 0) is 286 Å². The van der Waals surface area contributed by atoms with Crippen LogP contribution in [0.5, 0.6) is 23.0 Å². The molecule has 0 saturated heterocycles. The summed E-state index contributed by atoms with van der Waals surface area (Å²) in [5.41, 5.74) is 28.3. The summed E-state index contributed by atoms with van der Waals surface area (Å²) in [6, 6.07) is 107. The first kappa shape index (κ1) is 60.5. The molecular formula is C94H70F2N2O2. The van der Waals surface area contributed by atoms with Gasteiger partial charge < -0.3 is 19.3 Å². The molecule has 4 aliphatic carbocycles. The van der Waals surface area contributed by atoms with E-state index in [1.54, 1.807) is 26.0 Å². The van der Waals surface area contributed by atoms with Crippen LogP contribution in [0.25, 0.3) is 33.4 Å². The molecule has 100 heavy (non-hydrogen) atoms. The SMILES string of the molecule is Cc1ccc(C2(c3ccc(Oc4ccc5c(c4)CC5)cc3)c3ccccc3-c3ccc(N(c4ccc(-c5ccc(N(c6ccc(C)c(F)c6)c6ccc7c(c6)C(c6ccc(C)cc6)(c6ccc(Oc8ccc9c(c8)CC9)cc6)c6ccccc6-7)cc5)cc4)c4ccc(C)c(F)c4)cc32)cc1. The fraction of sp³-hybridized carbons (Fsp3) is 0.106. The molecule has 0 bridgehead atoms. The summed E-state index contributed by atoms with van der Waals surface area (Å²) in [5.74, 6) is 2.69. The first-order chi connectivity index (χ1) is 48.9. The van der Waals surface area contributed by atoms with E-state index in [1.165, 1.54) is 55.6 Å². The fourth-order valence-electron chi connectivity index (χ4n) is 16.2. The Labute approximate surface area is 583 Å². The molecule has 2 unspecified atom stereocenters. The van der Waals surface area contributed by atoms with E-state index in [2.05, 4.69) is 291 Å². The number of fused-ring (bicyclic) bond motifs is 8. The quantitative estimate of drug-likeness (QED) is 0.102. The topological polar surface area (TPSA) is 24.9 Å². The lowest BCUT2D eigenvalue weighted by atomic mass is 9.67. The molecule has 0 amide bonds. The molecule has 6 heteroatoms. The highest BCUT2D eigenvalue weighted by Crippen LogP contribution is 2.60. The molecule has 0 aromatic heterocycles. The lowest BCUT2D eigenvalue weighted by Gasteiger charge is -2.35. The van der Waals surface area contributed by atoms with E-state index in [0.717, 1.165) is 127 Å². The summed E-state index contributed by atoms with van der Waals surface area (Å²) in [7, 11) is 0. The Hall–Kier alpha value is -11.9. The van der Waals surface area contributed by atoms with Crippen LogP contribution >= 0.6 is 0 Å². The second kappa shape index (κ2) is 24.0. The molecule has 0 aliphatic heterocycles. The van der Waals surface area contributed by atoms with E-state index in [9.17, 15) is 0 Å². The molecule has 2 atom stereocenters. The van der Waals surface area contributed by atoms with Gasteiger partial charge in [0.15, 0.2) is 0 Å². The van der Waals surface area contributed by atoms with Crippen molar-refractivity contribution < 1.29 is 18.3 Å². The number of hydrogen-bond donors (Lipinski definition) is 0. The molecular weight excluding hydrogens is 1230 g/mol. The van der Waals surface area contributed by atoms with Gasteiger partial charge in [-0.2, -0.15) is 0 Å². The predicted octanol–water partition coefficient (Wildman–Crippen LogP) is 24.3. The highest BCUT2D eigenvalue weighted by molar-refractivity contribution is 5.92. The summed E-state index contributed by atoms with van der Waals surface area (Å²) in [6.45, 7) is 7.88. The average Bonchev–Trinajstić information content (AvgIpc) is 1.53. The molecule has 14 aromatic carbocycles. The first-order valence-electron chi connectivity index (χ1n) is 34.7. The van der Waals surface area contributed by atoms with Gasteiger partial charge in [-0.3, -0.25) is 0 Å². The van der Waals surface area contributed by atoms with Crippen molar-refractivity contribution in [2.45, 2.75) is 64.2 Å². The van der Waals surface area contributed by atoms with Gasteiger partial charge >= 0.3 is 0 Å². The van der Waals surface area contributed by atoms with E-state index in [4.69, 9.17) is 9.47 Å². The molecule has 0 heterocycles. The van der Waals surface area contributed by atoms with Crippen LogP contribution in [0.3, 0.4) is 0 Å². The standard InChI is InChI=1S/C94H70F2N2O2/c1-59-13-29-69(30-14-59)93(71-33-47-79(48-34-71)99-81-45-27-65-19-21-67(65)53-81)87-11-7-5-9-83(87)85-51-43-75(55-89(85)93)97(77-37-17-61(3)91(95)57-77)73-39-23-63(24-40-73)64-25-41-74(42-26-64)98(78-38-18-62(4)92(96)58-78)76-44-52-86-84-10-6-8-12-88(84)94(90(86)56-76,70-31-15-60(2)16-32-70)72-35-49-80(50-36-72)100-82-46-28-66-20-22-68(66)54-82/h5-18,23-58H,19-22H2,1-4H3. The smallest absolute Gasteiger partial charge is 0.128 e. The number of halogens is 2. The second-order valence-corrected chi connectivity index (χ2v) is 27.5. The lowest BCUT2D eigenvalue weighted by molar-refractivity contribution is 0.480. The number of benzene rings is 14. The van der Waals surface area contributed by atoms with E-state index < -0.39 is 10.8 Å². The largest absolute Gasteiger partial charge is 0.457 e. The lowest BCUT2D eigenvalue weighted by Crippen LogP contribution is -2.28. The molecule has 0 saturated carbocycles. The van der Waals surface area contributed by atoms with Crippen LogP contribution in [0.4, 0.5) is 42.9 Å². The maximum atomic E-state index is 16.1. The summed E-state index contributed by atoms with van der Waals surface area (Å²) in [5, 5.41) is 0. The van der Waals surface area contributed by atoms with Gasteiger partial charge in [0, 0.05) is 34.1 Å². The molecule has 4 aliphatic rings. The normalized spacial score (nSPS) is 15.6. The molecule has 4 nitrogen and oxygen atoms in total. The molecule has 14 aromatic rings. The van der Waals surface area contributed by atoms with Crippen molar-refractivity contribution in [3.63, 3.8) is 0 Å². The Morgan fingerprint density at radius 2 is 0.590 bits per heavy atom. The Morgan fingerprint density at radius 1 is 0.270 bits per heavy atom. The molecule has 18 rings (SSSR count). The third-order valence-electron chi connectivity index (χ3n) is 21.7. The number of anilines is 6. The third-order valence-corrected chi connectivity index (χ3v) is 21.7. The summed E-state index contributed by atoms with van der Waals surface area (Å²) in [6.07, 6.45) is 4.41. The first-order valence-corrected chi connectivity index (χ1v) is 34.7. The van der Waals surface area contributed by atoms with Crippen LogP contribution in [-0.4, -0.2) is 0 Å². The Balaban J connectivity index is 0.715. The number of rotatable bonds is 15. The summed E-state index contributed by atoms with van der Waals surface area (Å²) in [4.78, 5) is 4.34. The van der Waals surface area contributed by atoms with Crippen LogP contribution < -0.4 is 19.3 Å². The van der Waals surface area contributed by atoms with Crippen molar-refractivity contribution >= 4 is 34.1 Å². The highest BCUT2D eigenvalue weighted by Gasteiger charge is 2.48. The number of nitrogens with zero attached hydrogens (tertiary/aromatic N) is 2. The predicted molar refractivity (Wildman–Crippen MR) is 403 cm³/mol. The second-order valence-electron chi connectivity index (χ2n) is 27.5. The molecule has 0 N–H and O–H groups in total. The third kappa shape index (κ3) is 9.98. The zero-order valence-electron chi connectivity index (χ0n) is 56.2. The molecule has 0 fully saturated rings. The van der Waals surface area contributed by atoms with Crippen molar-refractivity contribution in [3.8, 4) is 56.4 Å². The molecule has 0 radical (unpaired) electrons. The van der Waals surface area contributed by atoms with Crippen LogP contribution in [0.2, 0.25) is 0 Å². The molecule has 482 valence electrons.